The molecule has 1 aliphatic rings. The summed E-state index contributed by atoms with van der Waals surface area (Å²) in [6.45, 7) is 0.995. The Balaban J connectivity index is 1.40. The first-order chi connectivity index (χ1) is 14.5. The van der Waals surface area contributed by atoms with Gasteiger partial charge in [0.1, 0.15) is 18.2 Å². The lowest BCUT2D eigenvalue weighted by Crippen LogP contribution is -2.42. The molecule has 0 radical (unpaired) electrons. The molecule has 0 bridgehead atoms. The predicted octanol–water partition coefficient (Wildman–Crippen LogP) is 0.738. The van der Waals surface area contributed by atoms with Crippen LogP contribution in [0.3, 0.4) is 0 Å². The fourth-order valence-corrected chi connectivity index (χ4v) is 3.73. The van der Waals surface area contributed by atoms with Crippen molar-refractivity contribution < 1.29 is 9.18 Å². The van der Waals surface area contributed by atoms with Crippen molar-refractivity contribution in [2.24, 2.45) is 5.92 Å². The molecule has 10 heteroatoms. The van der Waals surface area contributed by atoms with Gasteiger partial charge in [0.15, 0.2) is 0 Å². The van der Waals surface area contributed by atoms with Crippen molar-refractivity contribution in [3.05, 3.63) is 75.1 Å². The number of aromatic amines is 1. The minimum absolute atomic E-state index is 0.0868. The standard InChI is InChI=1S/C20H21FN6O3/c21-15-4-1-2-5-16(15)27-17(23-24-20(27)30)12-14-7-10-25(11-8-14)19(29)13-26-18(28)6-3-9-22-26/h1-6,9,14H,7-8,10-13H2,(H,24,30). The van der Waals surface area contributed by atoms with Crippen molar-refractivity contribution in [1.29, 1.82) is 0 Å². The maximum atomic E-state index is 14.2. The molecule has 0 spiro atoms. The van der Waals surface area contributed by atoms with Gasteiger partial charge in [-0.3, -0.25) is 9.59 Å². The normalized spacial score (nSPS) is 14.8. The average molecular weight is 412 g/mol. The number of hydrogen-bond acceptors (Lipinski definition) is 5. The Hall–Kier alpha value is -3.56. The molecule has 0 unspecified atom stereocenters. The summed E-state index contributed by atoms with van der Waals surface area (Å²) in [5, 5.41) is 10.4. The summed E-state index contributed by atoms with van der Waals surface area (Å²) < 4.78 is 16.6. The molecule has 0 atom stereocenters. The number of carbonyl (C=O) groups excluding carboxylic acids is 1. The molecule has 1 aliphatic heterocycles. The maximum absolute atomic E-state index is 14.2. The van der Waals surface area contributed by atoms with E-state index in [0.717, 1.165) is 17.5 Å². The molecule has 30 heavy (non-hydrogen) atoms. The topological polar surface area (TPSA) is 106 Å². The number of H-pyrrole nitrogens is 1. The van der Waals surface area contributed by atoms with Crippen LogP contribution in [-0.4, -0.2) is 48.4 Å². The zero-order valence-electron chi connectivity index (χ0n) is 16.2. The Morgan fingerprint density at radius 2 is 1.90 bits per heavy atom. The Kier molecular flexibility index (Phi) is 5.55. The summed E-state index contributed by atoms with van der Waals surface area (Å²) in [4.78, 5) is 38.1. The molecule has 1 saturated heterocycles. The van der Waals surface area contributed by atoms with E-state index in [9.17, 15) is 18.8 Å². The number of piperidine rings is 1. The van der Waals surface area contributed by atoms with Gasteiger partial charge in [-0.15, -0.1) is 0 Å². The van der Waals surface area contributed by atoms with Gasteiger partial charge >= 0.3 is 5.69 Å². The fraction of sp³-hybridized carbons (Fsp3) is 0.350. The lowest BCUT2D eigenvalue weighted by atomic mass is 9.93. The number of halogens is 1. The quantitative estimate of drug-likeness (QED) is 0.665. The molecule has 156 valence electrons. The Morgan fingerprint density at radius 3 is 2.63 bits per heavy atom. The van der Waals surface area contributed by atoms with Gasteiger partial charge in [0.25, 0.3) is 5.56 Å². The van der Waals surface area contributed by atoms with E-state index in [-0.39, 0.29) is 29.6 Å². The summed E-state index contributed by atoms with van der Waals surface area (Å²) in [6.07, 6.45) is 3.41. The van der Waals surface area contributed by atoms with Crippen LogP contribution in [0.15, 0.2) is 52.2 Å². The van der Waals surface area contributed by atoms with Gasteiger partial charge in [-0.05, 0) is 37.0 Å². The predicted molar refractivity (Wildman–Crippen MR) is 106 cm³/mol. The van der Waals surface area contributed by atoms with Gasteiger partial charge in [-0.2, -0.15) is 10.2 Å². The van der Waals surface area contributed by atoms with Crippen LogP contribution in [0.5, 0.6) is 0 Å². The molecule has 9 nitrogen and oxygen atoms in total. The molecule has 1 aromatic carbocycles. The van der Waals surface area contributed by atoms with E-state index in [4.69, 9.17) is 0 Å². The molecule has 2 aromatic heterocycles. The summed E-state index contributed by atoms with van der Waals surface area (Å²) in [6, 6.07) is 8.97. The first kappa shape index (κ1) is 19.7. The third-order valence-corrected chi connectivity index (χ3v) is 5.34. The second kappa shape index (κ2) is 8.44. The SMILES string of the molecule is O=C(Cn1ncccc1=O)N1CCC(Cc2n[nH]c(=O)n2-c2ccccc2F)CC1. The second-order valence-electron chi connectivity index (χ2n) is 7.28. The van der Waals surface area contributed by atoms with E-state index in [1.54, 1.807) is 17.0 Å². The summed E-state index contributed by atoms with van der Waals surface area (Å²) in [7, 11) is 0. The molecule has 4 rings (SSSR count). The molecule has 3 heterocycles. The lowest BCUT2D eigenvalue weighted by molar-refractivity contribution is -0.133. The summed E-state index contributed by atoms with van der Waals surface area (Å²) in [5.74, 6) is 0.0203. The van der Waals surface area contributed by atoms with Crippen molar-refractivity contribution in [2.45, 2.75) is 25.8 Å². The van der Waals surface area contributed by atoms with Gasteiger partial charge in [-0.25, -0.2) is 23.5 Å². The van der Waals surface area contributed by atoms with Gasteiger partial charge in [0, 0.05) is 31.8 Å². The minimum atomic E-state index is -0.493. The molecule has 0 aliphatic carbocycles. The number of likely N-dealkylation sites (tertiary alicyclic amines) is 1. The fourth-order valence-electron chi connectivity index (χ4n) is 3.73. The van der Waals surface area contributed by atoms with Crippen LogP contribution >= 0.6 is 0 Å². The number of para-hydroxylation sites is 1. The van der Waals surface area contributed by atoms with Gasteiger partial charge in [0.05, 0.1) is 5.69 Å². The highest BCUT2D eigenvalue weighted by atomic mass is 19.1. The van der Waals surface area contributed by atoms with Crippen molar-refractivity contribution in [3.63, 3.8) is 0 Å². The van der Waals surface area contributed by atoms with Crippen molar-refractivity contribution >= 4 is 5.91 Å². The molecule has 1 amide bonds. The highest BCUT2D eigenvalue weighted by Gasteiger charge is 2.25. The number of benzene rings is 1. The minimum Gasteiger partial charge on any atom is -0.341 e. The van der Waals surface area contributed by atoms with Crippen molar-refractivity contribution in [2.75, 3.05) is 13.1 Å². The van der Waals surface area contributed by atoms with Gasteiger partial charge in [0.2, 0.25) is 5.91 Å². The number of rotatable bonds is 5. The number of carbonyl (C=O) groups is 1. The molecular weight excluding hydrogens is 391 g/mol. The maximum Gasteiger partial charge on any atom is 0.348 e. The molecule has 0 saturated carbocycles. The molecular formula is C20H21FN6O3. The third kappa shape index (κ3) is 4.07. The van der Waals surface area contributed by atoms with E-state index in [1.165, 1.54) is 35.0 Å². The molecule has 1 N–H and O–H groups in total. The van der Waals surface area contributed by atoms with E-state index in [1.807, 2.05) is 0 Å². The van der Waals surface area contributed by atoms with E-state index in [0.29, 0.717) is 25.3 Å². The number of hydrogen-bond donors (Lipinski definition) is 1. The van der Waals surface area contributed by atoms with Crippen LogP contribution in [-0.2, 0) is 17.8 Å². The lowest BCUT2D eigenvalue weighted by Gasteiger charge is -2.31. The summed E-state index contributed by atoms with van der Waals surface area (Å²) in [5.41, 5.74) is -0.631. The van der Waals surface area contributed by atoms with Crippen LogP contribution in [0.2, 0.25) is 0 Å². The molecule has 3 aromatic rings. The third-order valence-electron chi connectivity index (χ3n) is 5.34. The van der Waals surface area contributed by atoms with Gasteiger partial charge < -0.3 is 4.90 Å². The van der Waals surface area contributed by atoms with Crippen LogP contribution in [0.4, 0.5) is 4.39 Å². The first-order valence-electron chi connectivity index (χ1n) is 9.74. The summed E-state index contributed by atoms with van der Waals surface area (Å²) >= 11 is 0. The smallest absolute Gasteiger partial charge is 0.341 e. The number of nitrogens with one attached hydrogen (secondary N) is 1. The number of aromatic nitrogens is 5. The Morgan fingerprint density at radius 1 is 1.13 bits per heavy atom. The monoisotopic (exact) mass is 412 g/mol. The van der Waals surface area contributed by atoms with Crippen LogP contribution in [0, 0.1) is 11.7 Å². The highest BCUT2D eigenvalue weighted by Crippen LogP contribution is 2.22. The highest BCUT2D eigenvalue weighted by molar-refractivity contribution is 5.75. The van der Waals surface area contributed by atoms with Crippen LogP contribution in [0.25, 0.3) is 5.69 Å². The molecule has 1 fully saturated rings. The first-order valence-corrected chi connectivity index (χ1v) is 9.74. The Labute approximate surface area is 170 Å². The number of nitrogens with zero attached hydrogens (tertiary/aromatic N) is 5. The van der Waals surface area contributed by atoms with E-state index >= 15 is 0 Å². The van der Waals surface area contributed by atoms with Crippen LogP contribution in [0.1, 0.15) is 18.7 Å². The zero-order valence-corrected chi connectivity index (χ0v) is 16.2. The van der Waals surface area contributed by atoms with E-state index in [2.05, 4.69) is 15.3 Å². The van der Waals surface area contributed by atoms with Gasteiger partial charge in [-0.1, -0.05) is 12.1 Å². The number of amides is 1. The Bertz CT molecular complexity index is 1160. The zero-order chi connectivity index (χ0) is 21.1. The average Bonchev–Trinajstić information content (AvgIpc) is 3.10. The van der Waals surface area contributed by atoms with E-state index < -0.39 is 11.5 Å². The van der Waals surface area contributed by atoms with Crippen molar-refractivity contribution in [1.82, 2.24) is 29.4 Å². The van der Waals surface area contributed by atoms with Crippen LogP contribution < -0.4 is 11.2 Å². The largest absolute Gasteiger partial charge is 0.348 e. The second-order valence-corrected chi connectivity index (χ2v) is 7.28. The van der Waals surface area contributed by atoms with Crippen molar-refractivity contribution in [3.8, 4) is 5.69 Å².